The highest BCUT2D eigenvalue weighted by molar-refractivity contribution is 6.27. The maximum Gasteiger partial charge on any atom is 0.144 e. The van der Waals surface area contributed by atoms with Crippen LogP contribution in [0.15, 0.2) is 183 Å². The van der Waals surface area contributed by atoms with Crippen LogP contribution in [0.1, 0.15) is 0 Å². The summed E-state index contributed by atoms with van der Waals surface area (Å²) in [5, 5.41) is 11.4. The van der Waals surface area contributed by atoms with Gasteiger partial charge in [-0.3, -0.25) is 0 Å². The fraction of sp³-hybridized carbons (Fsp3) is 0. The third kappa shape index (κ3) is 3.99. The molecule has 3 heteroatoms. The van der Waals surface area contributed by atoms with Gasteiger partial charge in [0.15, 0.2) is 0 Å². The monoisotopic (exact) mass is 676 g/mol. The van der Waals surface area contributed by atoms with Gasteiger partial charge in [-0.1, -0.05) is 133 Å². The molecule has 0 N–H and O–H groups in total. The Bertz CT molecular complexity index is 3410. The second kappa shape index (κ2) is 10.7. The van der Waals surface area contributed by atoms with E-state index in [-0.39, 0.29) is 0 Å². The Morgan fingerprint density at radius 2 is 0.736 bits per heavy atom. The van der Waals surface area contributed by atoms with E-state index in [4.69, 9.17) is 13.3 Å². The highest BCUT2D eigenvalue weighted by Crippen LogP contribution is 2.50. The number of hydrogen-bond acceptors (Lipinski definition) is 3. The van der Waals surface area contributed by atoms with Gasteiger partial charge in [0.25, 0.3) is 0 Å². The molecule has 0 atom stereocenters. The molecule has 0 aliphatic heterocycles. The summed E-state index contributed by atoms with van der Waals surface area (Å²) in [7, 11) is 0. The van der Waals surface area contributed by atoms with E-state index in [1.807, 2.05) is 30.3 Å². The van der Waals surface area contributed by atoms with Crippen molar-refractivity contribution in [1.82, 2.24) is 0 Å². The lowest BCUT2D eigenvalue weighted by Gasteiger charge is -2.19. The van der Waals surface area contributed by atoms with Crippen LogP contribution in [0.3, 0.4) is 0 Å². The topological polar surface area (TPSA) is 39.4 Å². The van der Waals surface area contributed by atoms with Crippen molar-refractivity contribution in [1.29, 1.82) is 0 Å². The van der Waals surface area contributed by atoms with Gasteiger partial charge < -0.3 is 13.3 Å². The lowest BCUT2D eigenvalue weighted by molar-refractivity contribution is 0.665. The van der Waals surface area contributed by atoms with Crippen LogP contribution in [-0.4, -0.2) is 0 Å². The van der Waals surface area contributed by atoms with E-state index < -0.39 is 0 Å². The van der Waals surface area contributed by atoms with Crippen LogP contribution in [0.25, 0.3) is 121 Å². The van der Waals surface area contributed by atoms with E-state index >= 15 is 0 Å². The van der Waals surface area contributed by atoms with Gasteiger partial charge >= 0.3 is 0 Å². The lowest BCUT2D eigenvalue weighted by atomic mass is 9.84. The number of benzene rings is 9. The van der Waals surface area contributed by atoms with Crippen molar-refractivity contribution in [3.05, 3.63) is 170 Å². The molecule has 53 heavy (non-hydrogen) atoms. The van der Waals surface area contributed by atoms with Gasteiger partial charge in [0, 0.05) is 43.4 Å². The zero-order valence-electron chi connectivity index (χ0n) is 28.4. The van der Waals surface area contributed by atoms with Gasteiger partial charge in [-0.25, -0.2) is 0 Å². The molecule has 0 aliphatic rings. The molecule has 3 aromatic heterocycles. The van der Waals surface area contributed by atoms with Gasteiger partial charge in [0.05, 0.1) is 0 Å². The Morgan fingerprint density at radius 3 is 1.43 bits per heavy atom. The van der Waals surface area contributed by atoms with Gasteiger partial charge in [-0.2, -0.15) is 0 Å². The summed E-state index contributed by atoms with van der Waals surface area (Å²) in [5.41, 5.74) is 12.0. The molecular weight excluding hydrogens is 649 g/mol. The van der Waals surface area contributed by atoms with E-state index in [0.29, 0.717) is 0 Å². The molecule has 0 unspecified atom stereocenters. The van der Waals surface area contributed by atoms with Crippen LogP contribution < -0.4 is 0 Å². The van der Waals surface area contributed by atoms with Crippen molar-refractivity contribution in [3.8, 4) is 33.4 Å². The number of furan rings is 3. The first-order chi connectivity index (χ1) is 26.3. The summed E-state index contributed by atoms with van der Waals surface area (Å²) in [4.78, 5) is 0. The minimum absolute atomic E-state index is 0.853. The molecule has 0 amide bonds. The normalized spacial score (nSPS) is 12.2. The van der Waals surface area contributed by atoms with Crippen LogP contribution in [0.2, 0.25) is 0 Å². The molecule has 0 aliphatic carbocycles. The van der Waals surface area contributed by atoms with Crippen LogP contribution >= 0.6 is 0 Å². The SMILES string of the molecule is c1ccc2c(c1)oc1ccc(-c3c4ccccc4c(-c4ccc(-c5cccc6c5oc5ccccc56)c5oc6ccccc6c45)c4ccccc34)cc12. The maximum absolute atomic E-state index is 6.86. The highest BCUT2D eigenvalue weighted by Gasteiger charge is 2.24. The molecule has 0 fully saturated rings. The second-order valence-corrected chi connectivity index (χ2v) is 13.9. The summed E-state index contributed by atoms with van der Waals surface area (Å²) in [5.74, 6) is 0. The quantitative estimate of drug-likeness (QED) is 0.175. The van der Waals surface area contributed by atoms with Crippen molar-refractivity contribution in [3.63, 3.8) is 0 Å². The summed E-state index contributed by atoms with van der Waals surface area (Å²) < 4.78 is 19.6. The average Bonchev–Trinajstić information content (AvgIpc) is 3.91. The molecule has 0 saturated heterocycles. The van der Waals surface area contributed by atoms with Crippen molar-refractivity contribution in [2.24, 2.45) is 0 Å². The minimum Gasteiger partial charge on any atom is -0.456 e. The van der Waals surface area contributed by atoms with Gasteiger partial charge in [-0.05, 0) is 80.2 Å². The Balaban J connectivity index is 1.18. The number of para-hydroxylation sites is 4. The first kappa shape index (κ1) is 28.6. The molecule has 9 aromatic carbocycles. The summed E-state index contributed by atoms with van der Waals surface area (Å²) in [6.45, 7) is 0. The molecule has 12 aromatic rings. The first-order valence-electron chi connectivity index (χ1n) is 18.0. The Hall–Kier alpha value is -7.10. The first-order valence-corrected chi connectivity index (χ1v) is 18.0. The van der Waals surface area contributed by atoms with Crippen LogP contribution in [0.4, 0.5) is 0 Å². The third-order valence-corrected chi connectivity index (χ3v) is 11.1. The maximum atomic E-state index is 6.86. The van der Waals surface area contributed by atoms with E-state index in [1.54, 1.807) is 0 Å². The van der Waals surface area contributed by atoms with E-state index in [1.165, 1.54) is 32.7 Å². The molecule has 0 spiro atoms. The molecule has 0 radical (unpaired) electrons. The summed E-state index contributed by atoms with van der Waals surface area (Å²) in [6.07, 6.45) is 0. The van der Waals surface area contributed by atoms with Crippen molar-refractivity contribution in [2.75, 3.05) is 0 Å². The fourth-order valence-electron chi connectivity index (χ4n) is 8.82. The lowest BCUT2D eigenvalue weighted by Crippen LogP contribution is -1.92. The molecule has 3 heterocycles. The largest absolute Gasteiger partial charge is 0.456 e. The van der Waals surface area contributed by atoms with Crippen LogP contribution in [0.5, 0.6) is 0 Å². The fourth-order valence-corrected chi connectivity index (χ4v) is 8.82. The standard InChI is InChI=1S/C50H28O3/c1-3-16-34-32(14-1)46(29-24-27-45-41(28-29)31-13-6-8-21-42(31)51-45)33-15-2-4-17-35(33)47(34)40-26-25-38(50-48(40)39-18-7-10-23-44(39)53-50)37-20-11-19-36-30-12-5-9-22-43(30)52-49(36)37/h1-28H. The van der Waals surface area contributed by atoms with Gasteiger partial charge in [0.1, 0.15) is 33.5 Å². The van der Waals surface area contributed by atoms with Crippen molar-refractivity contribution >= 4 is 87.4 Å². The van der Waals surface area contributed by atoms with Gasteiger partial charge in [-0.15, -0.1) is 0 Å². The number of rotatable bonds is 3. The van der Waals surface area contributed by atoms with E-state index in [0.717, 1.165) is 88.1 Å². The van der Waals surface area contributed by atoms with E-state index in [9.17, 15) is 0 Å². The molecule has 0 bridgehead atoms. The highest BCUT2D eigenvalue weighted by atomic mass is 16.3. The minimum atomic E-state index is 0.853. The molecule has 0 saturated carbocycles. The molecule has 12 rings (SSSR count). The number of fused-ring (bicyclic) bond motifs is 11. The average molecular weight is 677 g/mol. The van der Waals surface area contributed by atoms with Crippen molar-refractivity contribution < 1.29 is 13.3 Å². The van der Waals surface area contributed by atoms with Crippen LogP contribution in [-0.2, 0) is 0 Å². The Labute approximate surface area is 302 Å². The summed E-state index contributed by atoms with van der Waals surface area (Å²) >= 11 is 0. The second-order valence-electron chi connectivity index (χ2n) is 13.9. The zero-order valence-corrected chi connectivity index (χ0v) is 28.4. The Kier molecular flexibility index (Phi) is 5.77. The molecule has 246 valence electrons. The smallest absolute Gasteiger partial charge is 0.144 e. The van der Waals surface area contributed by atoms with Crippen LogP contribution in [0, 0.1) is 0 Å². The summed E-state index contributed by atoms with van der Waals surface area (Å²) in [6, 6.07) is 60.1. The molecule has 3 nitrogen and oxygen atoms in total. The Morgan fingerprint density at radius 1 is 0.264 bits per heavy atom. The third-order valence-electron chi connectivity index (χ3n) is 11.1. The number of hydrogen-bond donors (Lipinski definition) is 0. The predicted octanol–water partition coefficient (Wildman–Crippen LogP) is 14.7. The molecular formula is C50H28O3. The van der Waals surface area contributed by atoms with Gasteiger partial charge in [0.2, 0.25) is 0 Å². The predicted molar refractivity (Wildman–Crippen MR) is 220 cm³/mol. The van der Waals surface area contributed by atoms with Crippen molar-refractivity contribution in [2.45, 2.75) is 0 Å². The zero-order chi connectivity index (χ0) is 34.6. The van der Waals surface area contributed by atoms with E-state index in [2.05, 4.69) is 140 Å².